The van der Waals surface area contributed by atoms with Crippen molar-refractivity contribution < 1.29 is 18.5 Å². The average molecular weight is 288 g/mol. The van der Waals surface area contributed by atoms with Crippen molar-refractivity contribution in [3.63, 3.8) is 0 Å². The molecule has 5 nitrogen and oxygen atoms in total. The molecule has 1 fully saturated rings. The van der Waals surface area contributed by atoms with Crippen LogP contribution >= 0.6 is 11.8 Å². The van der Waals surface area contributed by atoms with E-state index in [1.807, 2.05) is 0 Å². The molecule has 0 radical (unpaired) electrons. The van der Waals surface area contributed by atoms with Crippen molar-refractivity contribution in [1.82, 2.24) is 4.90 Å². The maximum Gasteiger partial charge on any atom is 0.307 e. The third-order valence-electron chi connectivity index (χ3n) is 2.76. The molecule has 0 unspecified atom stereocenters. The van der Waals surface area contributed by atoms with E-state index in [-0.39, 0.29) is 0 Å². The zero-order chi connectivity index (χ0) is 14.0. The molecule has 0 saturated carbocycles. The highest BCUT2D eigenvalue weighted by molar-refractivity contribution is 7.99. The summed E-state index contributed by atoms with van der Waals surface area (Å²) in [7, 11) is 0. The molecular weight excluding hydrogens is 278 g/mol. The SMILES string of the molecule is O=C(c1cc(F)c([N+](=O)[O-])cc1F)N1CCSCC1. The van der Waals surface area contributed by atoms with Crippen molar-refractivity contribution in [2.45, 2.75) is 0 Å². The predicted molar refractivity (Wildman–Crippen MR) is 66.2 cm³/mol. The lowest BCUT2D eigenvalue weighted by atomic mass is 10.1. The van der Waals surface area contributed by atoms with Crippen LogP contribution in [0.2, 0.25) is 0 Å². The van der Waals surface area contributed by atoms with Crippen LogP contribution in [0.15, 0.2) is 12.1 Å². The normalized spacial score (nSPS) is 15.4. The van der Waals surface area contributed by atoms with Crippen LogP contribution in [0.1, 0.15) is 10.4 Å². The van der Waals surface area contributed by atoms with E-state index in [2.05, 4.69) is 0 Å². The Morgan fingerprint density at radius 3 is 2.47 bits per heavy atom. The van der Waals surface area contributed by atoms with E-state index in [9.17, 15) is 23.7 Å². The van der Waals surface area contributed by atoms with Gasteiger partial charge >= 0.3 is 5.69 Å². The Bertz CT molecular complexity index is 533. The molecule has 8 heteroatoms. The summed E-state index contributed by atoms with van der Waals surface area (Å²) >= 11 is 1.67. The van der Waals surface area contributed by atoms with Crippen molar-refractivity contribution in [1.29, 1.82) is 0 Å². The fraction of sp³-hybridized carbons (Fsp3) is 0.364. The first-order chi connectivity index (χ1) is 9.00. The maximum atomic E-state index is 13.7. The number of carbonyl (C=O) groups is 1. The fourth-order valence-electron chi connectivity index (χ4n) is 1.78. The molecule has 1 aliphatic rings. The molecule has 19 heavy (non-hydrogen) atoms. The van der Waals surface area contributed by atoms with Crippen molar-refractivity contribution in [3.05, 3.63) is 39.4 Å². The molecule has 1 heterocycles. The summed E-state index contributed by atoms with van der Waals surface area (Å²) in [5, 5.41) is 10.5. The van der Waals surface area contributed by atoms with Crippen LogP contribution in [0.4, 0.5) is 14.5 Å². The summed E-state index contributed by atoms with van der Waals surface area (Å²) in [6, 6.07) is 1.04. The Labute approximate surface area is 111 Å². The standard InChI is InChI=1S/C11H10F2N2O3S/c12-8-6-10(15(17)18)9(13)5-7(8)11(16)14-1-3-19-4-2-14/h5-6H,1-4H2. The molecule has 0 spiro atoms. The number of benzene rings is 1. The minimum atomic E-state index is -1.21. The largest absolute Gasteiger partial charge is 0.337 e. The van der Waals surface area contributed by atoms with Crippen LogP contribution in [0.3, 0.4) is 0 Å². The number of carbonyl (C=O) groups excluding carboxylic acids is 1. The Morgan fingerprint density at radius 2 is 1.89 bits per heavy atom. The Hall–Kier alpha value is -1.70. The Balaban J connectivity index is 2.32. The second kappa shape index (κ2) is 5.52. The number of nitro groups is 1. The number of amides is 1. The van der Waals surface area contributed by atoms with Crippen LogP contribution in [-0.2, 0) is 0 Å². The van der Waals surface area contributed by atoms with E-state index >= 15 is 0 Å². The molecule has 1 saturated heterocycles. The highest BCUT2D eigenvalue weighted by Gasteiger charge is 2.25. The first-order valence-corrected chi connectivity index (χ1v) is 6.66. The third kappa shape index (κ3) is 2.83. The number of rotatable bonds is 2. The smallest absolute Gasteiger partial charge is 0.307 e. The van der Waals surface area contributed by atoms with Gasteiger partial charge in [-0.25, -0.2) is 4.39 Å². The highest BCUT2D eigenvalue weighted by atomic mass is 32.2. The first-order valence-electron chi connectivity index (χ1n) is 5.51. The lowest BCUT2D eigenvalue weighted by Crippen LogP contribution is -2.38. The molecule has 0 aromatic heterocycles. The van der Waals surface area contributed by atoms with Gasteiger partial charge in [0.15, 0.2) is 0 Å². The molecule has 1 aliphatic heterocycles. The minimum Gasteiger partial charge on any atom is -0.337 e. The zero-order valence-electron chi connectivity index (χ0n) is 9.77. The summed E-state index contributed by atoms with van der Waals surface area (Å²) in [5.41, 5.74) is -1.43. The Kier molecular flexibility index (Phi) is 3.98. The number of nitro benzene ring substituents is 1. The number of hydrogen-bond acceptors (Lipinski definition) is 4. The fourth-order valence-corrected chi connectivity index (χ4v) is 2.68. The summed E-state index contributed by atoms with van der Waals surface area (Å²) in [5.74, 6) is -1.44. The zero-order valence-corrected chi connectivity index (χ0v) is 10.6. The van der Waals surface area contributed by atoms with E-state index in [1.54, 1.807) is 11.8 Å². The van der Waals surface area contributed by atoms with Crippen LogP contribution in [0.5, 0.6) is 0 Å². The molecule has 1 aromatic rings. The van der Waals surface area contributed by atoms with Gasteiger partial charge in [-0.2, -0.15) is 16.2 Å². The van der Waals surface area contributed by atoms with E-state index in [0.29, 0.717) is 25.2 Å². The van der Waals surface area contributed by atoms with Gasteiger partial charge in [0.2, 0.25) is 5.82 Å². The average Bonchev–Trinajstić information content (AvgIpc) is 2.41. The minimum absolute atomic E-state index is 0.446. The molecule has 2 rings (SSSR count). The van der Waals surface area contributed by atoms with Crippen LogP contribution in [0, 0.1) is 21.7 Å². The van der Waals surface area contributed by atoms with Gasteiger partial charge in [-0.1, -0.05) is 0 Å². The van der Waals surface area contributed by atoms with Crippen molar-refractivity contribution >= 4 is 23.4 Å². The number of thioether (sulfide) groups is 1. The molecule has 0 aliphatic carbocycles. The van der Waals surface area contributed by atoms with Crippen LogP contribution in [-0.4, -0.2) is 40.3 Å². The molecule has 0 N–H and O–H groups in total. The molecule has 1 amide bonds. The predicted octanol–water partition coefficient (Wildman–Crippen LogP) is 2.06. The number of hydrogen-bond donors (Lipinski definition) is 0. The van der Waals surface area contributed by atoms with Gasteiger partial charge in [0.25, 0.3) is 5.91 Å². The van der Waals surface area contributed by atoms with E-state index in [4.69, 9.17) is 0 Å². The second-order valence-electron chi connectivity index (χ2n) is 3.95. The molecular formula is C11H10F2N2O3S. The monoisotopic (exact) mass is 288 g/mol. The van der Waals surface area contributed by atoms with Crippen LogP contribution in [0.25, 0.3) is 0 Å². The van der Waals surface area contributed by atoms with Gasteiger partial charge in [0.1, 0.15) is 5.82 Å². The van der Waals surface area contributed by atoms with Crippen LogP contribution < -0.4 is 0 Å². The van der Waals surface area contributed by atoms with Crippen molar-refractivity contribution in [2.24, 2.45) is 0 Å². The van der Waals surface area contributed by atoms with Gasteiger partial charge in [0, 0.05) is 24.6 Å². The van der Waals surface area contributed by atoms with E-state index in [0.717, 1.165) is 11.5 Å². The summed E-state index contributed by atoms with van der Waals surface area (Å²) < 4.78 is 27.1. The van der Waals surface area contributed by atoms with E-state index in [1.165, 1.54) is 4.90 Å². The lowest BCUT2D eigenvalue weighted by Gasteiger charge is -2.26. The third-order valence-corrected chi connectivity index (χ3v) is 3.70. The van der Waals surface area contributed by atoms with E-state index < -0.39 is 33.7 Å². The highest BCUT2D eigenvalue weighted by Crippen LogP contribution is 2.23. The number of halogens is 2. The summed E-state index contributed by atoms with van der Waals surface area (Å²) in [6.45, 7) is 0.920. The second-order valence-corrected chi connectivity index (χ2v) is 5.17. The van der Waals surface area contributed by atoms with Crippen molar-refractivity contribution in [2.75, 3.05) is 24.6 Å². The quantitative estimate of drug-likeness (QED) is 0.617. The lowest BCUT2D eigenvalue weighted by molar-refractivity contribution is -0.387. The summed E-state index contributed by atoms with van der Waals surface area (Å²) in [6.07, 6.45) is 0. The first kappa shape index (κ1) is 13.7. The van der Waals surface area contributed by atoms with Gasteiger partial charge in [-0.15, -0.1) is 0 Å². The van der Waals surface area contributed by atoms with Gasteiger partial charge in [0.05, 0.1) is 16.6 Å². The topological polar surface area (TPSA) is 63.4 Å². The van der Waals surface area contributed by atoms with Crippen molar-refractivity contribution in [3.8, 4) is 0 Å². The molecule has 102 valence electrons. The van der Waals surface area contributed by atoms with Gasteiger partial charge < -0.3 is 4.90 Å². The van der Waals surface area contributed by atoms with Gasteiger partial charge in [-0.3, -0.25) is 14.9 Å². The summed E-state index contributed by atoms with van der Waals surface area (Å²) in [4.78, 5) is 22.8. The maximum absolute atomic E-state index is 13.7. The number of nitrogens with zero attached hydrogens (tertiary/aromatic N) is 2. The molecule has 0 atom stereocenters. The Morgan fingerprint density at radius 1 is 1.26 bits per heavy atom. The molecule has 1 aromatic carbocycles. The van der Waals surface area contributed by atoms with Gasteiger partial charge in [-0.05, 0) is 6.07 Å². The molecule has 0 bridgehead atoms.